The second-order valence-electron chi connectivity index (χ2n) is 7.13. The van der Waals surface area contributed by atoms with Gasteiger partial charge in [0.05, 0.1) is 16.8 Å². The Morgan fingerprint density at radius 3 is 2.76 bits per heavy atom. The van der Waals surface area contributed by atoms with Crippen LogP contribution in [0.15, 0.2) is 24.3 Å². The van der Waals surface area contributed by atoms with E-state index in [-0.39, 0.29) is 17.4 Å². The van der Waals surface area contributed by atoms with Crippen molar-refractivity contribution < 1.29 is 9.53 Å². The summed E-state index contributed by atoms with van der Waals surface area (Å²) in [7, 11) is 1.79. The Balaban J connectivity index is 1.68. The van der Waals surface area contributed by atoms with Gasteiger partial charge in [0.1, 0.15) is 0 Å². The van der Waals surface area contributed by atoms with Gasteiger partial charge in [-0.1, -0.05) is 35.9 Å². The van der Waals surface area contributed by atoms with Crippen molar-refractivity contribution in [1.82, 2.24) is 15.1 Å². The number of carbonyl (C=O) groups excluding carboxylic acids is 1. The lowest BCUT2D eigenvalue weighted by atomic mass is 9.74. The fourth-order valence-electron chi connectivity index (χ4n) is 4.19. The first kappa shape index (κ1) is 16.6. The van der Waals surface area contributed by atoms with Gasteiger partial charge in [-0.2, -0.15) is 5.10 Å². The molecule has 4 rings (SSSR count). The summed E-state index contributed by atoms with van der Waals surface area (Å²) in [6.45, 7) is 3.34. The summed E-state index contributed by atoms with van der Waals surface area (Å²) in [6, 6.07) is 8.36. The highest BCUT2D eigenvalue weighted by Crippen LogP contribution is 2.51. The van der Waals surface area contributed by atoms with E-state index < -0.39 is 0 Å². The number of aryl methyl sites for hydroxylation is 1. The van der Waals surface area contributed by atoms with Gasteiger partial charge < -0.3 is 10.1 Å². The molecule has 1 N–H and O–H groups in total. The van der Waals surface area contributed by atoms with E-state index in [9.17, 15) is 4.79 Å². The molecule has 1 aliphatic carbocycles. The van der Waals surface area contributed by atoms with Crippen LogP contribution in [0.5, 0.6) is 0 Å². The molecule has 1 aromatic heterocycles. The minimum Gasteiger partial charge on any atom is -0.381 e. The van der Waals surface area contributed by atoms with Gasteiger partial charge in [-0.25, -0.2) is 0 Å². The number of amides is 1. The van der Waals surface area contributed by atoms with Gasteiger partial charge in [0.15, 0.2) is 5.69 Å². The van der Waals surface area contributed by atoms with Crippen LogP contribution in [0, 0.1) is 12.3 Å². The maximum absolute atomic E-state index is 12.9. The van der Waals surface area contributed by atoms with Crippen LogP contribution in [0.3, 0.4) is 0 Å². The molecule has 1 atom stereocenters. The number of hydrogen-bond acceptors (Lipinski definition) is 3. The van der Waals surface area contributed by atoms with E-state index in [4.69, 9.17) is 16.3 Å². The van der Waals surface area contributed by atoms with Crippen molar-refractivity contribution in [1.29, 1.82) is 0 Å². The number of fused-ring (bicyclic) bond motifs is 1. The molecule has 1 fully saturated rings. The fraction of sp³-hybridized carbons (Fsp3) is 0.474. The molecule has 25 heavy (non-hydrogen) atoms. The van der Waals surface area contributed by atoms with Crippen LogP contribution in [-0.4, -0.2) is 28.9 Å². The van der Waals surface area contributed by atoms with Crippen LogP contribution in [0.4, 0.5) is 0 Å². The third-order valence-electron chi connectivity index (χ3n) is 5.76. The van der Waals surface area contributed by atoms with Crippen molar-refractivity contribution in [3.8, 4) is 0 Å². The molecule has 5 nitrogen and oxygen atoms in total. The number of carbonyl (C=O) groups is 1. The van der Waals surface area contributed by atoms with Crippen LogP contribution < -0.4 is 5.32 Å². The summed E-state index contributed by atoms with van der Waals surface area (Å²) in [6.07, 6.45) is 2.87. The Morgan fingerprint density at radius 1 is 1.36 bits per heavy atom. The molecule has 0 bridgehead atoms. The molecule has 1 saturated heterocycles. The van der Waals surface area contributed by atoms with Gasteiger partial charge in [-0.3, -0.25) is 9.48 Å². The number of rotatable bonds is 2. The zero-order valence-corrected chi connectivity index (χ0v) is 15.3. The predicted octanol–water partition coefficient (Wildman–Crippen LogP) is 3.21. The average molecular weight is 360 g/mol. The summed E-state index contributed by atoms with van der Waals surface area (Å²) in [5.74, 6) is -0.207. The lowest BCUT2D eigenvalue weighted by Gasteiger charge is -2.39. The zero-order chi connectivity index (χ0) is 17.6. The summed E-state index contributed by atoms with van der Waals surface area (Å²) in [4.78, 5) is 12.9. The first-order chi connectivity index (χ1) is 12.0. The van der Waals surface area contributed by atoms with E-state index in [0.29, 0.717) is 10.7 Å². The topological polar surface area (TPSA) is 56.1 Å². The second-order valence-corrected chi connectivity index (χ2v) is 7.51. The average Bonchev–Trinajstić information content (AvgIpc) is 3.05. The third-order valence-corrected chi connectivity index (χ3v) is 6.21. The number of hydrogen-bond donors (Lipinski definition) is 1. The molecular weight excluding hydrogens is 338 g/mol. The smallest absolute Gasteiger partial charge is 0.273 e. The van der Waals surface area contributed by atoms with E-state index in [1.807, 2.05) is 13.0 Å². The van der Waals surface area contributed by atoms with E-state index in [0.717, 1.165) is 38.2 Å². The Hall–Kier alpha value is -1.85. The van der Waals surface area contributed by atoms with Gasteiger partial charge in [0.2, 0.25) is 0 Å². The lowest BCUT2D eigenvalue weighted by Crippen LogP contribution is -2.42. The predicted molar refractivity (Wildman–Crippen MR) is 95.8 cm³/mol. The van der Waals surface area contributed by atoms with Crippen molar-refractivity contribution in [3.05, 3.63) is 51.8 Å². The second kappa shape index (κ2) is 6.15. The summed E-state index contributed by atoms with van der Waals surface area (Å²) >= 11 is 6.31. The molecule has 6 heteroatoms. The van der Waals surface area contributed by atoms with Crippen LogP contribution in [0.1, 0.15) is 46.2 Å². The normalized spacial score (nSPS) is 21.3. The lowest BCUT2D eigenvalue weighted by molar-refractivity contribution is 0.000508. The van der Waals surface area contributed by atoms with Crippen molar-refractivity contribution in [2.24, 2.45) is 12.5 Å². The number of aromatic nitrogens is 2. The van der Waals surface area contributed by atoms with Crippen LogP contribution >= 0.6 is 11.6 Å². The van der Waals surface area contributed by atoms with E-state index in [2.05, 4.69) is 28.6 Å². The highest BCUT2D eigenvalue weighted by atomic mass is 35.5. The van der Waals surface area contributed by atoms with Crippen molar-refractivity contribution in [2.75, 3.05) is 13.2 Å². The van der Waals surface area contributed by atoms with Gasteiger partial charge in [-0.05, 0) is 37.3 Å². The summed E-state index contributed by atoms with van der Waals surface area (Å²) in [5, 5.41) is 7.95. The third kappa shape index (κ3) is 2.66. The minimum atomic E-state index is -0.207. The first-order valence-electron chi connectivity index (χ1n) is 8.67. The van der Waals surface area contributed by atoms with Crippen molar-refractivity contribution in [2.45, 2.75) is 32.2 Å². The Bertz CT molecular complexity index is 824. The molecule has 1 unspecified atom stereocenters. The maximum atomic E-state index is 12.9. The molecule has 0 radical (unpaired) electrons. The van der Waals surface area contributed by atoms with E-state index in [1.165, 1.54) is 11.1 Å². The fourth-order valence-corrected chi connectivity index (χ4v) is 4.44. The van der Waals surface area contributed by atoms with Crippen molar-refractivity contribution in [3.63, 3.8) is 0 Å². The van der Waals surface area contributed by atoms with Crippen LogP contribution in [0.2, 0.25) is 5.02 Å². The molecular formula is C19H22ClN3O2. The van der Waals surface area contributed by atoms with Gasteiger partial charge in [-0.15, -0.1) is 0 Å². The number of nitrogens with zero attached hydrogens (tertiary/aromatic N) is 2. The monoisotopic (exact) mass is 359 g/mol. The molecule has 132 valence electrons. The Labute approximate surface area is 152 Å². The van der Waals surface area contributed by atoms with Crippen LogP contribution in [0.25, 0.3) is 0 Å². The number of benzene rings is 1. The molecule has 2 aliphatic rings. The minimum absolute atomic E-state index is 0.0217. The van der Waals surface area contributed by atoms with Crippen LogP contribution in [-0.2, 0) is 18.2 Å². The molecule has 1 aliphatic heterocycles. The quantitative estimate of drug-likeness (QED) is 0.895. The van der Waals surface area contributed by atoms with Gasteiger partial charge >= 0.3 is 0 Å². The molecule has 1 aromatic carbocycles. The highest BCUT2D eigenvalue weighted by molar-refractivity contribution is 6.34. The first-order valence-corrected chi connectivity index (χ1v) is 9.05. The standard InChI is InChI=1S/C19H22ClN3O2/c1-12-15(20)16(22-23(12)2)18(24)21-17-14-6-4-3-5-13(14)11-19(17)7-9-25-10-8-19/h3-6,17H,7-11H2,1-2H3,(H,21,24). The molecule has 2 aromatic rings. The van der Waals surface area contributed by atoms with Gasteiger partial charge in [0.25, 0.3) is 5.91 Å². The maximum Gasteiger partial charge on any atom is 0.273 e. The summed E-state index contributed by atoms with van der Waals surface area (Å²) < 4.78 is 7.22. The number of halogens is 1. The highest BCUT2D eigenvalue weighted by Gasteiger charge is 2.47. The largest absolute Gasteiger partial charge is 0.381 e. The Kier molecular flexibility index (Phi) is 4.08. The number of nitrogens with one attached hydrogen (secondary N) is 1. The number of ether oxygens (including phenoxy) is 1. The Morgan fingerprint density at radius 2 is 2.08 bits per heavy atom. The molecule has 1 amide bonds. The zero-order valence-electron chi connectivity index (χ0n) is 14.5. The molecule has 1 spiro atoms. The summed E-state index contributed by atoms with van der Waals surface area (Å²) in [5.41, 5.74) is 3.64. The van der Waals surface area contributed by atoms with Gasteiger partial charge in [0, 0.05) is 25.7 Å². The SMILES string of the molecule is Cc1c(Cl)c(C(=O)NC2c3ccccc3CC23CCOCC3)nn1C. The van der Waals surface area contributed by atoms with E-state index >= 15 is 0 Å². The van der Waals surface area contributed by atoms with E-state index in [1.54, 1.807) is 11.7 Å². The molecule has 2 heterocycles. The molecule has 0 saturated carbocycles. The van der Waals surface area contributed by atoms with Crippen molar-refractivity contribution >= 4 is 17.5 Å².